The number of amides is 2. The highest BCUT2D eigenvalue weighted by molar-refractivity contribution is 6.31. The van der Waals surface area contributed by atoms with Gasteiger partial charge in [0, 0.05) is 11.8 Å². The SMILES string of the molecule is COc1cc(F)c(Cl)cc1NC(=O)Nc1ccccc1C(C)C.O=C(O)C1CCCCC1. The number of para-hydroxylation sites is 1. The molecule has 2 aromatic rings. The molecule has 3 rings (SSSR count). The van der Waals surface area contributed by atoms with Crippen molar-refractivity contribution in [1.82, 2.24) is 0 Å². The predicted molar refractivity (Wildman–Crippen MR) is 125 cm³/mol. The van der Waals surface area contributed by atoms with E-state index < -0.39 is 17.8 Å². The molecule has 1 aliphatic rings. The fourth-order valence-electron chi connectivity index (χ4n) is 3.53. The minimum Gasteiger partial charge on any atom is -0.494 e. The monoisotopic (exact) mass is 464 g/mol. The highest BCUT2D eigenvalue weighted by Gasteiger charge is 2.19. The second kappa shape index (κ2) is 12.3. The molecule has 0 bridgehead atoms. The number of anilines is 2. The number of carbonyl (C=O) groups excluding carboxylic acids is 1. The maximum absolute atomic E-state index is 13.4. The van der Waals surface area contributed by atoms with E-state index >= 15 is 0 Å². The van der Waals surface area contributed by atoms with Crippen LogP contribution in [0.1, 0.15) is 57.4 Å². The Morgan fingerprint density at radius 2 is 1.72 bits per heavy atom. The number of ether oxygens (including phenoxy) is 1. The van der Waals surface area contributed by atoms with Crippen LogP contribution in [0.4, 0.5) is 20.6 Å². The molecule has 3 N–H and O–H groups in total. The van der Waals surface area contributed by atoms with Crippen LogP contribution in [-0.4, -0.2) is 24.2 Å². The number of carboxylic acids is 1. The van der Waals surface area contributed by atoms with E-state index in [1.54, 1.807) is 0 Å². The van der Waals surface area contributed by atoms with Crippen LogP contribution >= 0.6 is 11.6 Å². The minimum absolute atomic E-state index is 0.0289. The van der Waals surface area contributed by atoms with Crippen LogP contribution in [0.5, 0.6) is 5.75 Å². The fourth-order valence-corrected chi connectivity index (χ4v) is 3.70. The maximum Gasteiger partial charge on any atom is 0.323 e. The number of hydrogen-bond donors (Lipinski definition) is 3. The fraction of sp³-hybridized carbons (Fsp3) is 0.417. The van der Waals surface area contributed by atoms with E-state index in [2.05, 4.69) is 10.6 Å². The Kier molecular flexibility index (Phi) is 9.78. The number of rotatable bonds is 5. The number of carbonyl (C=O) groups is 2. The van der Waals surface area contributed by atoms with E-state index in [0.717, 1.165) is 37.3 Å². The molecule has 6 nitrogen and oxygen atoms in total. The van der Waals surface area contributed by atoms with Gasteiger partial charge in [-0.3, -0.25) is 4.79 Å². The molecule has 8 heteroatoms. The van der Waals surface area contributed by atoms with Crippen molar-refractivity contribution in [3.63, 3.8) is 0 Å². The zero-order chi connectivity index (χ0) is 23.7. The van der Waals surface area contributed by atoms with E-state index in [1.807, 2.05) is 38.1 Å². The van der Waals surface area contributed by atoms with Crippen molar-refractivity contribution in [3.05, 3.63) is 52.8 Å². The van der Waals surface area contributed by atoms with E-state index in [9.17, 15) is 14.0 Å². The number of aliphatic carboxylic acids is 1. The van der Waals surface area contributed by atoms with Crippen molar-refractivity contribution >= 4 is 35.0 Å². The first-order valence-corrected chi connectivity index (χ1v) is 11.0. The van der Waals surface area contributed by atoms with Gasteiger partial charge in [0.15, 0.2) is 0 Å². The smallest absolute Gasteiger partial charge is 0.323 e. The van der Waals surface area contributed by atoms with Crippen LogP contribution in [0.3, 0.4) is 0 Å². The molecular weight excluding hydrogens is 435 g/mol. The molecule has 1 saturated carbocycles. The van der Waals surface area contributed by atoms with Gasteiger partial charge in [0.05, 0.1) is 23.7 Å². The molecule has 1 aliphatic carbocycles. The van der Waals surface area contributed by atoms with Gasteiger partial charge in [0.25, 0.3) is 0 Å². The van der Waals surface area contributed by atoms with E-state index in [-0.39, 0.29) is 22.6 Å². The lowest BCUT2D eigenvalue weighted by Crippen LogP contribution is -2.21. The Morgan fingerprint density at radius 3 is 2.28 bits per heavy atom. The largest absolute Gasteiger partial charge is 0.494 e. The average molecular weight is 465 g/mol. The molecule has 0 spiro atoms. The molecule has 1 fully saturated rings. The van der Waals surface area contributed by atoms with Crippen LogP contribution in [0.2, 0.25) is 5.02 Å². The summed E-state index contributed by atoms with van der Waals surface area (Å²) >= 11 is 5.75. The first kappa shape index (κ1) is 25.5. The Hall–Kier alpha value is -2.80. The third-order valence-electron chi connectivity index (χ3n) is 5.28. The second-order valence-electron chi connectivity index (χ2n) is 7.96. The normalized spacial score (nSPS) is 13.7. The Labute approximate surface area is 193 Å². The molecule has 0 saturated heterocycles. The van der Waals surface area contributed by atoms with Crippen molar-refractivity contribution < 1.29 is 23.8 Å². The molecular formula is C24H30ClFN2O4. The van der Waals surface area contributed by atoms with Gasteiger partial charge in [-0.15, -0.1) is 0 Å². The first-order chi connectivity index (χ1) is 15.2. The summed E-state index contributed by atoms with van der Waals surface area (Å²) < 4.78 is 18.5. The molecule has 2 aromatic carbocycles. The topological polar surface area (TPSA) is 87.7 Å². The molecule has 0 unspecified atom stereocenters. The number of urea groups is 1. The molecule has 0 radical (unpaired) electrons. The average Bonchev–Trinajstić information content (AvgIpc) is 2.77. The number of carboxylic acid groups (broad SMARTS) is 1. The maximum atomic E-state index is 13.4. The highest BCUT2D eigenvalue weighted by Crippen LogP contribution is 2.31. The molecule has 174 valence electrons. The number of methoxy groups -OCH3 is 1. The molecule has 0 atom stereocenters. The summed E-state index contributed by atoms with van der Waals surface area (Å²) in [5.41, 5.74) is 2.03. The van der Waals surface area contributed by atoms with Crippen LogP contribution in [-0.2, 0) is 4.79 Å². The van der Waals surface area contributed by atoms with Gasteiger partial charge in [-0.2, -0.15) is 0 Å². The quantitative estimate of drug-likeness (QED) is 0.448. The predicted octanol–water partition coefficient (Wildman–Crippen LogP) is 6.91. The zero-order valence-electron chi connectivity index (χ0n) is 18.6. The van der Waals surface area contributed by atoms with E-state index in [1.165, 1.54) is 19.6 Å². The van der Waals surface area contributed by atoms with Crippen molar-refractivity contribution in [2.45, 2.75) is 51.9 Å². The number of nitrogens with one attached hydrogen (secondary N) is 2. The Morgan fingerprint density at radius 1 is 1.09 bits per heavy atom. The lowest BCUT2D eigenvalue weighted by Gasteiger charge is -2.16. The zero-order valence-corrected chi connectivity index (χ0v) is 19.3. The number of halogens is 2. The number of hydrogen-bond acceptors (Lipinski definition) is 3. The van der Waals surface area contributed by atoms with Gasteiger partial charge in [0.1, 0.15) is 11.6 Å². The summed E-state index contributed by atoms with van der Waals surface area (Å²) in [6.45, 7) is 4.09. The standard InChI is InChI=1S/C17H18ClFN2O2.C7H12O2/c1-10(2)11-6-4-5-7-14(11)20-17(22)21-15-8-12(18)13(19)9-16(15)23-3;8-7(9)6-4-2-1-3-5-6/h4-10H,1-3H3,(H2,20,21,22);6H,1-5H2,(H,8,9). The van der Waals surface area contributed by atoms with E-state index in [0.29, 0.717) is 11.4 Å². The summed E-state index contributed by atoms with van der Waals surface area (Å²) in [5.74, 6) is -0.784. The van der Waals surface area contributed by atoms with Crippen LogP contribution < -0.4 is 15.4 Å². The third kappa shape index (κ3) is 7.41. The molecule has 32 heavy (non-hydrogen) atoms. The molecule has 0 aliphatic heterocycles. The van der Waals surface area contributed by atoms with Crippen molar-refractivity contribution in [2.75, 3.05) is 17.7 Å². The molecule has 2 amide bonds. The van der Waals surface area contributed by atoms with Crippen molar-refractivity contribution in [1.29, 1.82) is 0 Å². The molecule has 0 aromatic heterocycles. The van der Waals surface area contributed by atoms with Gasteiger partial charge >= 0.3 is 12.0 Å². The number of benzene rings is 2. The molecule has 0 heterocycles. The van der Waals surface area contributed by atoms with Gasteiger partial charge in [0.2, 0.25) is 0 Å². The lowest BCUT2D eigenvalue weighted by molar-refractivity contribution is -0.142. The van der Waals surface area contributed by atoms with Crippen LogP contribution in [0.15, 0.2) is 36.4 Å². The van der Waals surface area contributed by atoms with Gasteiger partial charge in [-0.1, -0.05) is 62.9 Å². The second-order valence-corrected chi connectivity index (χ2v) is 8.37. The van der Waals surface area contributed by atoms with Gasteiger partial charge < -0.3 is 20.5 Å². The summed E-state index contributed by atoms with van der Waals surface area (Å²) in [5, 5.41) is 13.8. The van der Waals surface area contributed by atoms with Crippen molar-refractivity contribution in [2.24, 2.45) is 5.92 Å². The van der Waals surface area contributed by atoms with Crippen LogP contribution in [0, 0.1) is 11.7 Å². The summed E-state index contributed by atoms with van der Waals surface area (Å²) in [6, 6.07) is 9.51. The van der Waals surface area contributed by atoms with E-state index in [4.69, 9.17) is 21.4 Å². The van der Waals surface area contributed by atoms with Gasteiger partial charge in [-0.25, -0.2) is 9.18 Å². The van der Waals surface area contributed by atoms with Gasteiger partial charge in [-0.05, 0) is 36.5 Å². The van der Waals surface area contributed by atoms with Crippen LogP contribution in [0.25, 0.3) is 0 Å². The highest BCUT2D eigenvalue weighted by atomic mass is 35.5. The van der Waals surface area contributed by atoms with Crippen molar-refractivity contribution in [3.8, 4) is 5.75 Å². The first-order valence-electron chi connectivity index (χ1n) is 10.7. The third-order valence-corrected chi connectivity index (χ3v) is 5.57. The lowest BCUT2D eigenvalue weighted by atomic mass is 9.90. The summed E-state index contributed by atoms with van der Waals surface area (Å²) in [7, 11) is 1.39. The Bertz CT molecular complexity index is 930. The Balaban J connectivity index is 0.000000336. The minimum atomic E-state index is -0.611. The summed E-state index contributed by atoms with van der Waals surface area (Å²) in [6.07, 6.45) is 5.24. The summed E-state index contributed by atoms with van der Waals surface area (Å²) in [4.78, 5) is 22.6.